The summed E-state index contributed by atoms with van der Waals surface area (Å²) in [5.41, 5.74) is 4.87. The minimum Gasteiger partial charge on any atom is -0.469 e. The Morgan fingerprint density at radius 3 is 2.24 bits per heavy atom. The van der Waals surface area contributed by atoms with Crippen LogP contribution in [0.5, 0.6) is 0 Å². The predicted molar refractivity (Wildman–Crippen MR) is 69.1 cm³/mol. The molecule has 1 atom stereocenters. The molecule has 94 valence electrons. The van der Waals surface area contributed by atoms with Gasteiger partial charge in [-0.05, 0) is 44.5 Å². The third-order valence-corrected chi connectivity index (χ3v) is 3.03. The lowest BCUT2D eigenvalue weighted by Crippen LogP contribution is -2.22. The molecule has 0 amide bonds. The Kier molecular flexibility index (Phi) is 4.70. The number of esters is 1. The average Bonchev–Trinajstić information content (AvgIpc) is 2.25. The van der Waals surface area contributed by atoms with E-state index in [2.05, 4.69) is 38.2 Å². The Hall–Kier alpha value is -1.35. The van der Waals surface area contributed by atoms with Gasteiger partial charge < -0.3 is 10.1 Å². The van der Waals surface area contributed by atoms with Crippen molar-refractivity contribution in [2.24, 2.45) is 0 Å². The van der Waals surface area contributed by atoms with Crippen molar-refractivity contribution in [2.75, 3.05) is 14.2 Å². The number of hydrogen-bond acceptors (Lipinski definition) is 3. The van der Waals surface area contributed by atoms with E-state index in [0.29, 0.717) is 6.42 Å². The summed E-state index contributed by atoms with van der Waals surface area (Å²) in [5, 5.41) is 3.18. The standard InChI is InChI=1S/C14H21NO2/c1-9-6-10(2)14(11(3)7-9)12(15-4)8-13(16)17-5/h6-7,12,15H,8H2,1-5H3. The summed E-state index contributed by atoms with van der Waals surface area (Å²) in [6, 6.07) is 4.30. The van der Waals surface area contributed by atoms with E-state index in [1.54, 1.807) is 0 Å². The second kappa shape index (κ2) is 5.82. The van der Waals surface area contributed by atoms with E-state index < -0.39 is 0 Å². The zero-order chi connectivity index (χ0) is 13.0. The van der Waals surface area contributed by atoms with Crippen LogP contribution in [-0.4, -0.2) is 20.1 Å². The van der Waals surface area contributed by atoms with Gasteiger partial charge in [0.1, 0.15) is 0 Å². The van der Waals surface area contributed by atoms with Crippen LogP contribution in [0.15, 0.2) is 12.1 Å². The van der Waals surface area contributed by atoms with Gasteiger partial charge in [-0.15, -0.1) is 0 Å². The van der Waals surface area contributed by atoms with Gasteiger partial charge in [0, 0.05) is 6.04 Å². The van der Waals surface area contributed by atoms with Crippen LogP contribution in [0.1, 0.15) is 34.7 Å². The number of aryl methyl sites for hydroxylation is 3. The van der Waals surface area contributed by atoms with Crippen LogP contribution in [0.2, 0.25) is 0 Å². The van der Waals surface area contributed by atoms with Gasteiger partial charge in [-0.2, -0.15) is 0 Å². The number of methoxy groups -OCH3 is 1. The number of benzene rings is 1. The van der Waals surface area contributed by atoms with Crippen molar-refractivity contribution in [1.82, 2.24) is 5.32 Å². The summed E-state index contributed by atoms with van der Waals surface area (Å²) in [5.74, 6) is -0.191. The summed E-state index contributed by atoms with van der Waals surface area (Å²) in [4.78, 5) is 11.4. The van der Waals surface area contributed by atoms with Crippen molar-refractivity contribution < 1.29 is 9.53 Å². The molecule has 0 bridgehead atoms. The van der Waals surface area contributed by atoms with Crippen molar-refractivity contribution in [2.45, 2.75) is 33.2 Å². The van der Waals surface area contributed by atoms with E-state index in [4.69, 9.17) is 4.74 Å². The van der Waals surface area contributed by atoms with E-state index >= 15 is 0 Å². The van der Waals surface area contributed by atoms with Crippen LogP contribution in [0.3, 0.4) is 0 Å². The second-order valence-electron chi connectivity index (χ2n) is 4.43. The van der Waals surface area contributed by atoms with Gasteiger partial charge in [-0.25, -0.2) is 0 Å². The fourth-order valence-corrected chi connectivity index (χ4v) is 2.34. The highest BCUT2D eigenvalue weighted by atomic mass is 16.5. The minimum absolute atomic E-state index is 0.0167. The third-order valence-electron chi connectivity index (χ3n) is 3.03. The van der Waals surface area contributed by atoms with Crippen LogP contribution >= 0.6 is 0 Å². The number of carbonyl (C=O) groups excluding carboxylic acids is 1. The van der Waals surface area contributed by atoms with E-state index in [1.165, 1.54) is 29.4 Å². The summed E-state index contributed by atoms with van der Waals surface area (Å²) in [7, 11) is 3.29. The van der Waals surface area contributed by atoms with Crippen LogP contribution in [0.4, 0.5) is 0 Å². The van der Waals surface area contributed by atoms with Crippen molar-refractivity contribution in [3.63, 3.8) is 0 Å². The maximum absolute atomic E-state index is 11.4. The number of hydrogen-bond donors (Lipinski definition) is 1. The van der Waals surface area contributed by atoms with Gasteiger partial charge in [0.2, 0.25) is 0 Å². The van der Waals surface area contributed by atoms with Gasteiger partial charge in [0.05, 0.1) is 13.5 Å². The number of rotatable bonds is 4. The molecule has 1 aromatic carbocycles. The second-order valence-corrected chi connectivity index (χ2v) is 4.43. The Balaban J connectivity index is 3.07. The number of ether oxygens (including phenoxy) is 1. The first-order chi connectivity index (χ1) is 7.99. The molecule has 1 aromatic rings. The Labute approximate surface area is 103 Å². The summed E-state index contributed by atoms with van der Waals surface area (Å²) < 4.78 is 4.73. The molecule has 3 heteroatoms. The molecule has 0 aliphatic rings. The van der Waals surface area contributed by atoms with Gasteiger partial charge >= 0.3 is 5.97 Å². The fraction of sp³-hybridized carbons (Fsp3) is 0.500. The summed E-state index contributed by atoms with van der Waals surface area (Å²) in [6.07, 6.45) is 0.359. The summed E-state index contributed by atoms with van der Waals surface area (Å²) >= 11 is 0. The van der Waals surface area contributed by atoms with E-state index in [9.17, 15) is 4.79 Å². The zero-order valence-corrected chi connectivity index (χ0v) is 11.3. The number of nitrogens with one attached hydrogen (secondary N) is 1. The Bertz CT molecular complexity index is 390. The van der Waals surface area contributed by atoms with E-state index in [1.807, 2.05) is 7.05 Å². The monoisotopic (exact) mass is 235 g/mol. The number of carbonyl (C=O) groups is 1. The zero-order valence-electron chi connectivity index (χ0n) is 11.3. The maximum atomic E-state index is 11.4. The molecule has 0 fully saturated rings. The van der Waals surface area contributed by atoms with Crippen molar-refractivity contribution in [3.8, 4) is 0 Å². The normalized spacial score (nSPS) is 12.3. The lowest BCUT2D eigenvalue weighted by atomic mass is 9.92. The van der Waals surface area contributed by atoms with E-state index in [-0.39, 0.29) is 12.0 Å². The molecule has 0 radical (unpaired) electrons. The largest absolute Gasteiger partial charge is 0.469 e. The van der Waals surface area contributed by atoms with Crippen LogP contribution in [0, 0.1) is 20.8 Å². The molecule has 17 heavy (non-hydrogen) atoms. The lowest BCUT2D eigenvalue weighted by Gasteiger charge is -2.20. The Morgan fingerprint density at radius 2 is 1.82 bits per heavy atom. The van der Waals surface area contributed by atoms with Crippen LogP contribution < -0.4 is 5.32 Å². The maximum Gasteiger partial charge on any atom is 0.307 e. The molecule has 1 N–H and O–H groups in total. The highest BCUT2D eigenvalue weighted by Gasteiger charge is 2.18. The molecule has 1 unspecified atom stereocenters. The van der Waals surface area contributed by atoms with Crippen molar-refractivity contribution in [1.29, 1.82) is 0 Å². The first kappa shape index (κ1) is 13.7. The first-order valence-corrected chi connectivity index (χ1v) is 5.81. The molecule has 0 saturated heterocycles. The lowest BCUT2D eigenvalue weighted by molar-refractivity contribution is -0.141. The molecular formula is C14H21NO2. The smallest absolute Gasteiger partial charge is 0.307 e. The van der Waals surface area contributed by atoms with Gasteiger partial charge in [0.25, 0.3) is 0 Å². The molecule has 0 saturated carbocycles. The third kappa shape index (κ3) is 3.30. The molecule has 1 rings (SSSR count). The van der Waals surface area contributed by atoms with Gasteiger partial charge in [-0.3, -0.25) is 4.79 Å². The molecule has 0 heterocycles. The summed E-state index contributed by atoms with van der Waals surface area (Å²) in [6.45, 7) is 6.24. The molecule has 0 spiro atoms. The molecule has 0 aromatic heterocycles. The highest BCUT2D eigenvalue weighted by molar-refractivity contribution is 5.70. The quantitative estimate of drug-likeness (QED) is 0.815. The van der Waals surface area contributed by atoms with Crippen molar-refractivity contribution >= 4 is 5.97 Å². The molecule has 0 aliphatic heterocycles. The SMILES string of the molecule is CNC(CC(=O)OC)c1c(C)cc(C)cc1C. The van der Waals surface area contributed by atoms with Crippen molar-refractivity contribution in [3.05, 3.63) is 34.4 Å². The van der Waals surface area contributed by atoms with Gasteiger partial charge in [0.15, 0.2) is 0 Å². The van der Waals surface area contributed by atoms with E-state index in [0.717, 1.165) is 0 Å². The minimum atomic E-state index is -0.191. The van der Waals surface area contributed by atoms with Gasteiger partial charge in [-0.1, -0.05) is 17.7 Å². The van der Waals surface area contributed by atoms with Crippen LogP contribution in [-0.2, 0) is 9.53 Å². The molecular weight excluding hydrogens is 214 g/mol. The van der Waals surface area contributed by atoms with Crippen LogP contribution in [0.25, 0.3) is 0 Å². The first-order valence-electron chi connectivity index (χ1n) is 5.81. The Morgan fingerprint density at radius 1 is 1.29 bits per heavy atom. The average molecular weight is 235 g/mol. The fourth-order valence-electron chi connectivity index (χ4n) is 2.34. The molecule has 0 aliphatic carbocycles. The molecule has 3 nitrogen and oxygen atoms in total. The highest BCUT2D eigenvalue weighted by Crippen LogP contribution is 2.25. The topological polar surface area (TPSA) is 38.3 Å². The predicted octanol–water partition coefficient (Wildman–Crippen LogP) is 2.44.